The Labute approximate surface area is 122 Å². The van der Waals surface area contributed by atoms with Gasteiger partial charge in [0.25, 0.3) is 0 Å². The lowest BCUT2D eigenvalue weighted by atomic mass is 10.1. The van der Waals surface area contributed by atoms with Crippen molar-refractivity contribution in [1.29, 1.82) is 0 Å². The number of rotatable bonds is 7. The molecule has 20 heavy (non-hydrogen) atoms. The first kappa shape index (κ1) is 16.2. The van der Waals surface area contributed by atoms with E-state index in [0.717, 1.165) is 5.56 Å². The number of nitrogens with one attached hydrogen (secondary N) is 1. The Kier molecular flexibility index (Phi) is 6.73. The SMILES string of the molecule is CCOC(=O)CC(=O)NCC(=O)Cc1cccc(Cl)c1. The smallest absolute Gasteiger partial charge is 0.315 e. The average molecular weight is 298 g/mol. The van der Waals surface area contributed by atoms with E-state index in [0.29, 0.717) is 5.02 Å². The maximum Gasteiger partial charge on any atom is 0.315 e. The van der Waals surface area contributed by atoms with Crippen molar-refractivity contribution in [3.8, 4) is 0 Å². The molecule has 1 aromatic rings. The summed E-state index contributed by atoms with van der Waals surface area (Å²) < 4.78 is 4.63. The van der Waals surface area contributed by atoms with Crippen LogP contribution in [-0.2, 0) is 25.5 Å². The highest BCUT2D eigenvalue weighted by molar-refractivity contribution is 6.30. The van der Waals surface area contributed by atoms with Gasteiger partial charge >= 0.3 is 5.97 Å². The molecule has 0 aromatic heterocycles. The molecule has 0 saturated carbocycles. The van der Waals surface area contributed by atoms with Crippen LogP contribution in [0.1, 0.15) is 18.9 Å². The molecule has 0 aliphatic rings. The van der Waals surface area contributed by atoms with Crippen molar-refractivity contribution < 1.29 is 19.1 Å². The van der Waals surface area contributed by atoms with E-state index in [1.165, 1.54) is 0 Å². The number of carbonyl (C=O) groups excluding carboxylic acids is 3. The van der Waals surface area contributed by atoms with E-state index in [-0.39, 0.29) is 31.8 Å². The lowest BCUT2D eigenvalue weighted by molar-refractivity contribution is -0.146. The molecule has 1 rings (SSSR count). The molecule has 0 saturated heterocycles. The number of ketones is 1. The van der Waals surface area contributed by atoms with Gasteiger partial charge in [-0.3, -0.25) is 14.4 Å². The van der Waals surface area contributed by atoms with Gasteiger partial charge in [0.1, 0.15) is 6.42 Å². The molecule has 0 fully saturated rings. The molecular formula is C14H16ClNO4. The average Bonchev–Trinajstić information content (AvgIpc) is 2.36. The number of carbonyl (C=O) groups is 3. The van der Waals surface area contributed by atoms with Crippen LogP contribution in [0.2, 0.25) is 5.02 Å². The van der Waals surface area contributed by atoms with E-state index in [1.807, 2.05) is 0 Å². The van der Waals surface area contributed by atoms with Crippen LogP contribution in [0.4, 0.5) is 0 Å². The summed E-state index contributed by atoms with van der Waals surface area (Å²) in [6.07, 6.45) is -0.196. The van der Waals surface area contributed by atoms with Crippen molar-refractivity contribution >= 4 is 29.3 Å². The number of benzene rings is 1. The van der Waals surface area contributed by atoms with Gasteiger partial charge in [-0.15, -0.1) is 0 Å². The first-order valence-electron chi connectivity index (χ1n) is 6.19. The molecule has 108 valence electrons. The third kappa shape index (κ3) is 6.33. The van der Waals surface area contributed by atoms with Gasteiger partial charge in [0.15, 0.2) is 5.78 Å². The zero-order valence-corrected chi connectivity index (χ0v) is 11.9. The predicted molar refractivity (Wildman–Crippen MR) is 74.4 cm³/mol. The molecule has 6 heteroatoms. The van der Waals surface area contributed by atoms with Crippen LogP contribution in [0.15, 0.2) is 24.3 Å². The molecule has 5 nitrogen and oxygen atoms in total. The van der Waals surface area contributed by atoms with Gasteiger partial charge < -0.3 is 10.1 Å². The number of amides is 1. The zero-order chi connectivity index (χ0) is 15.0. The minimum atomic E-state index is -0.604. The van der Waals surface area contributed by atoms with E-state index >= 15 is 0 Å². The van der Waals surface area contributed by atoms with E-state index in [2.05, 4.69) is 10.1 Å². The predicted octanol–water partition coefficient (Wildman–Crippen LogP) is 1.52. The first-order valence-corrected chi connectivity index (χ1v) is 6.57. The van der Waals surface area contributed by atoms with Gasteiger partial charge in [-0.25, -0.2) is 0 Å². The summed E-state index contributed by atoms with van der Waals surface area (Å²) in [4.78, 5) is 34.1. The number of Topliss-reactive ketones (excluding diaryl/α,β-unsaturated/α-hetero) is 1. The van der Waals surface area contributed by atoms with E-state index < -0.39 is 11.9 Å². The van der Waals surface area contributed by atoms with Gasteiger partial charge in [0.05, 0.1) is 13.2 Å². The maximum atomic E-state index is 11.7. The van der Waals surface area contributed by atoms with Gasteiger partial charge in [-0.1, -0.05) is 23.7 Å². The third-order valence-corrected chi connectivity index (χ3v) is 2.62. The second-order valence-corrected chi connectivity index (χ2v) is 4.54. The topological polar surface area (TPSA) is 72.5 Å². The Morgan fingerprint density at radius 1 is 1.30 bits per heavy atom. The summed E-state index contributed by atoms with van der Waals surface area (Å²) in [6.45, 7) is 1.76. The number of ether oxygens (including phenoxy) is 1. The molecule has 1 N–H and O–H groups in total. The van der Waals surface area contributed by atoms with Gasteiger partial charge in [-0.2, -0.15) is 0 Å². The summed E-state index contributed by atoms with van der Waals surface area (Å²) in [5.41, 5.74) is 0.780. The molecule has 0 spiro atoms. The number of hydrogen-bond donors (Lipinski definition) is 1. The Morgan fingerprint density at radius 2 is 2.05 bits per heavy atom. The van der Waals surface area contributed by atoms with Crippen LogP contribution in [0.25, 0.3) is 0 Å². The molecule has 0 heterocycles. The van der Waals surface area contributed by atoms with Gasteiger partial charge in [0.2, 0.25) is 5.91 Å². The van der Waals surface area contributed by atoms with Crippen LogP contribution in [0.5, 0.6) is 0 Å². The molecule has 1 aromatic carbocycles. The second kappa shape index (κ2) is 8.32. The summed E-state index contributed by atoms with van der Waals surface area (Å²) in [6, 6.07) is 6.95. The fraction of sp³-hybridized carbons (Fsp3) is 0.357. The second-order valence-electron chi connectivity index (χ2n) is 4.10. The van der Waals surface area contributed by atoms with Crippen LogP contribution >= 0.6 is 11.6 Å². The first-order chi connectivity index (χ1) is 9.51. The summed E-state index contributed by atoms with van der Waals surface area (Å²) in [5.74, 6) is -1.29. The zero-order valence-electron chi connectivity index (χ0n) is 11.1. The highest BCUT2D eigenvalue weighted by Crippen LogP contribution is 2.11. The third-order valence-electron chi connectivity index (χ3n) is 2.38. The quantitative estimate of drug-likeness (QED) is 0.612. The van der Waals surface area contributed by atoms with Crippen LogP contribution in [-0.4, -0.2) is 30.8 Å². The highest BCUT2D eigenvalue weighted by Gasteiger charge is 2.11. The number of esters is 1. The monoisotopic (exact) mass is 297 g/mol. The number of hydrogen-bond acceptors (Lipinski definition) is 4. The van der Waals surface area contributed by atoms with Gasteiger partial charge in [0, 0.05) is 11.4 Å². The van der Waals surface area contributed by atoms with E-state index in [9.17, 15) is 14.4 Å². The molecule has 0 radical (unpaired) electrons. The standard InChI is InChI=1S/C14H16ClNO4/c1-2-20-14(19)8-13(18)16-9-12(17)7-10-4-3-5-11(15)6-10/h3-6H,2,7-9H2,1H3,(H,16,18). The molecule has 0 aliphatic carbocycles. The summed E-state index contributed by atoms with van der Waals surface area (Å²) in [7, 11) is 0. The summed E-state index contributed by atoms with van der Waals surface area (Å²) >= 11 is 5.81. The fourth-order valence-electron chi connectivity index (χ4n) is 1.54. The summed E-state index contributed by atoms with van der Waals surface area (Å²) in [5, 5.41) is 2.94. The maximum absolute atomic E-state index is 11.7. The lowest BCUT2D eigenvalue weighted by Crippen LogP contribution is -2.32. The van der Waals surface area contributed by atoms with Crippen LogP contribution in [0.3, 0.4) is 0 Å². The largest absolute Gasteiger partial charge is 0.466 e. The van der Waals surface area contributed by atoms with Crippen molar-refractivity contribution in [2.45, 2.75) is 19.8 Å². The van der Waals surface area contributed by atoms with E-state index in [4.69, 9.17) is 11.6 Å². The Morgan fingerprint density at radius 3 is 2.70 bits per heavy atom. The number of halogens is 1. The van der Waals surface area contributed by atoms with Crippen LogP contribution < -0.4 is 5.32 Å². The van der Waals surface area contributed by atoms with Crippen molar-refractivity contribution in [2.75, 3.05) is 13.2 Å². The Bertz CT molecular complexity index is 502. The minimum absolute atomic E-state index is 0.120. The Balaban J connectivity index is 2.33. The Hall–Kier alpha value is -1.88. The lowest BCUT2D eigenvalue weighted by Gasteiger charge is -2.05. The van der Waals surface area contributed by atoms with Crippen molar-refractivity contribution in [1.82, 2.24) is 5.32 Å². The minimum Gasteiger partial charge on any atom is -0.466 e. The molecule has 0 unspecified atom stereocenters. The van der Waals surface area contributed by atoms with Crippen molar-refractivity contribution in [3.05, 3.63) is 34.9 Å². The highest BCUT2D eigenvalue weighted by atomic mass is 35.5. The molecule has 0 atom stereocenters. The normalized spacial score (nSPS) is 9.90. The van der Waals surface area contributed by atoms with Crippen molar-refractivity contribution in [2.24, 2.45) is 0 Å². The van der Waals surface area contributed by atoms with E-state index in [1.54, 1.807) is 31.2 Å². The molecule has 1 amide bonds. The van der Waals surface area contributed by atoms with Crippen LogP contribution in [0, 0.1) is 0 Å². The van der Waals surface area contributed by atoms with Crippen molar-refractivity contribution in [3.63, 3.8) is 0 Å². The fourth-order valence-corrected chi connectivity index (χ4v) is 1.75. The molecule has 0 aliphatic heterocycles. The van der Waals surface area contributed by atoms with Gasteiger partial charge in [-0.05, 0) is 24.6 Å². The molecule has 0 bridgehead atoms. The molecular weight excluding hydrogens is 282 g/mol.